The van der Waals surface area contributed by atoms with Gasteiger partial charge in [-0.05, 0) is 35.2 Å². The van der Waals surface area contributed by atoms with Crippen molar-refractivity contribution in [3.63, 3.8) is 0 Å². The SMILES string of the molecule is CCc1ccccc1NC(=O)CN1CCN(C(=O)Cc2ccc3c(c2)CCO3)CC1. The van der Waals surface area contributed by atoms with E-state index in [9.17, 15) is 9.59 Å². The lowest BCUT2D eigenvalue weighted by Crippen LogP contribution is -2.50. The highest BCUT2D eigenvalue weighted by atomic mass is 16.5. The van der Waals surface area contributed by atoms with Gasteiger partial charge in [0.1, 0.15) is 5.75 Å². The van der Waals surface area contributed by atoms with Crippen LogP contribution in [0.25, 0.3) is 0 Å². The van der Waals surface area contributed by atoms with Gasteiger partial charge in [0.2, 0.25) is 11.8 Å². The number of hydrogen-bond acceptors (Lipinski definition) is 4. The number of benzene rings is 2. The number of anilines is 1. The van der Waals surface area contributed by atoms with E-state index in [2.05, 4.69) is 23.2 Å². The highest BCUT2D eigenvalue weighted by Crippen LogP contribution is 2.26. The molecule has 2 amide bonds. The van der Waals surface area contributed by atoms with Crippen molar-refractivity contribution >= 4 is 17.5 Å². The smallest absolute Gasteiger partial charge is 0.238 e. The minimum Gasteiger partial charge on any atom is -0.493 e. The van der Waals surface area contributed by atoms with E-state index < -0.39 is 0 Å². The Morgan fingerprint density at radius 1 is 1.07 bits per heavy atom. The lowest BCUT2D eigenvalue weighted by atomic mass is 10.1. The molecule has 0 radical (unpaired) electrons. The second-order valence-electron chi connectivity index (χ2n) is 7.93. The molecule has 1 N–H and O–H groups in total. The molecular formula is C24H29N3O3. The summed E-state index contributed by atoms with van der Waals surface area (Å²) in [6.45, 7) is 5.91. The van der Waals surface area contributed by atoms with Crippen molar-refractivity contribution in [2.45, 2.75) is 26.2 Å². The molecule has 0 atom stereocenters. The van der Waals surface area contributed by atoms with Crippen LogP contribution in [0.5, 0.6) is 5.75 Å². The zero-order chi connectivity index (χ0) is 20.9. The van der Waals surface area contributed by atoms with E-state index in [1.165, 1.54) is 5.56 Å². The molecule has 0 bridgehead atoms. The molecule has 158 valence electrons. The Labute approximate surface area is 177 Å². The van der Waals surface area contributed by atoms with Crippen molar-refractivity contribution in [3.05, 3.63) is 59.2 Å². The Bertz CT molecular complexity index is 920. The standard InChI is InChI=1S/C24H29N3O3/c1-2-19-5-3-4-6-21(19)25-23(28)17-26-10-12-27(13-11-26)24(29)16-18-7-8-22-20(15-18)9-14-30-22/h3-8,15H,2,9-14,16-17H2,1H3,(H,25,28). The summed E-state index contributed by atoms with van der Waals surface area (Å²) in [6, 6.07) is 13.9. The summed E-state index contributed by atoms with van der Waals surface area (Å²) < 4.78 is 5.53. The van der Waals surface area contributed by atoms with Gasteiger partial charge in [0.15, 0.2) is 0 Å². The van der Waals surface area contributed by atoms with Crippen LogP contribution in [0.4, 0.5) is 5.69 Å². The van der Waals surface area contributed by atoms with Crippen LogP contribution < -0.4 is 10.1 Å². The number of amides is 2. The van der Waals surface area contributed by atoms with Crippen LogP contribution in [0.2, 0.25) is 0 Å². The number of ether oxygens (including phenoxy) is 1. The summed E-state index contributed by atoms with van der Waals surface area (Å²) in [5.41, 5.74) is 4.26. The minimum atomic E-state index is -0.00367. The van der Waals surface area contributed by atoms with Gasteiger partial charge in [-0.15, -0.1) is 0 Å². The van der Waals surface area contributed by atoms with Crippen LogP contribution in [0.1, 0.15) is 23.6 Å². The van der Waals surface area contributed by atoms with E-state index in [0.29, 0.717) is 39.1 Å². The number of nitrogens with one attached hydrogen (secondary N) is 1. The number of piperazine rings is 1. The molecule has 30 heavy (non-hydrogen) atoms. The van der Waals surface area contributed by atoms with Gasteiger partial charge in [0, 0.05) is 38.3 Å². The average Bonchev–Trinajstić information content (AvgIpc) is 3.22. The number of carbonyl (C=O) groups excluding carboxylic acids is 2. The third-order valence-corrected chi connectivity index (χ3v) is 5.87. The van der Waals surface area contributed by atoms with Crippen LogP contribution in [0.3, 0.4) is 0 Å². The van der Waals surface area contributed by atoms with Gasteiger partial charge < -0.3 is 15.0 Å². The van der Waals surface area contributed by atoms with E-state index in [4.69, 9.17) is 4.74 Å². The average molecular weight is 408 g/mol. The maximum absolute atomic E-state index is 12.7. The highest BCUT2D eigenvalue weighted by molar-refractivity contribution is 5.93. The van der Waals surface area contributed by atoms with Gasteiger partial charge in [-0.2, -0.15) is 0 Å². The van der Waals surface area contributed by atoms with Gasteiger partial charge in [-0.3, -0.25) is 14.5 Å². The molecule has 2 aromatic rings. The zero-order valence-electron chi connectivity index (χ0n) is 17.5. The molecule has 0 aliphatic carbocycles. The Hall–Kier alpha value is -2.86. The number of aryl methyl sites for hydroxylation is 1. The van der Waals surface area contributed by atoms with Crippen molar-refractivity contribution in [3.8, 4) is 5.75 Å². The number of fused-ring (bicyclic) bond motifs is 1. The topological polar surface area (TPSA) is 61.9 Å². The van der Waals surface area contributed by atoms with Gasteiger partial charge in [0.25, 0.3) is 0 Å². The van der Waals surface area contributed by atoms with Gasteiger partial charge in [0.05, 0.1) is 19.6 Å². The molecule has 1 fully saturated rings. The first kappa shape index (κ1) is 20.4. The maximum Gasteiger partial charge on any atom is 0.238 e. The Kier molecular flexibility index (Phi) is 6.33. The molecular weight excluding hydrogens is 378 g/mol. The fraction of sp³-hybridized carbons (Fsp3) is 0.417. The molecule has 2 heterocycles. The first-order valence-corrected chi connectivity index (χ1v) is 10.7. The monoisotopic (exact) mass is 407 g/mol. The van der Waals surface area contributed by atoms with E-state index in [1.807, 2.05) is 41.3 Å². The van der Waals surface area contributed by atoms with Crippen molar-refractivity contribution in [2.75, 3.05) is 44.6 Å². The molecule has 2 aliphatic rings. The van der Waals surface area contributed by atoms with E-state index >= 15 is 0 Å². The fourth-order valence-corrected chi connectivity index (χ4v) is 4.14. The van der Waals surface area contributed by atoms with Crippen LogP contribution in [-0.2, 0) is 28.9 Å². The second kappa shape index (κ2) is 9.30. The zero-order valence-corrected chi connectivity index (χ0v) is 17.5. The molecule has 2 aliphatic heterocycles. The van der Waals surface area contributed by atoms with E-state index in [0.717, 1.165) is 42.0 Å². The van der Waals surface area contributed by atoms with Crippen LogP contribution >= 0.6 is 0 Å². The number of carbonyl (C=O) groups is 2. The summed E-state index contributed by atoms with van der Waals surface area (Å²) in [5.74, 6) is 1.09. The number of hydrogen-bond donors (Lipinski definition) is 1. The molecule has 0 unspecified atom stereocenters. The van der Waals surface area contributed by atoms with Crippen LogP contribution in [-0.4, -0.2) is 60.9 Å². The van der Waals surface area contributed by atoms with Gasteiger partial charge in [-0.25, -0.2) is 0 Å². The lowest BCUT2D eigenvalue weighted by Gasteiger charge is -2.34. The molecule has 0 saturated carbocycles. The maximum atomic E-state index is 12.7. The summed E-state index contributed by atoms with van der Waals surface area (Å²) in [7, 11) is 0. The van der Waals surface area contributed by atoms with Crippen molar-refractivity contribution < 1.29 is 14.3 Å². The first-order valence-electron chi connectivity index (χ1n) is 10.7. The number of rotatable bonds is 6. The Morgan fingerprint density at radius 2 is 1.87 bits per heavy atom. The normalized spacial score (nSPS) is 16.1. The summed E-state index contributed by atoms with van der Waals surface area (Å²) in [5, 5.41) is 3.02. The molecule has 1 saturated heterocycles. The third-order valence-electron chi connectivity index (χ3n) is 5.87. The quantitative estimate of drug-likeness (QED) is 0.799. The summed E-state index contributed by atoms with van der Waals surface area (Å²) >= 11 is 0. The lowest BCUT2D eigenvalue weighted by molar-refractivity contribution is -0.132. The number of para-hydroxylation sites is 1. The van der Waals surface area contributed by atoms with Crippen LogP contribution in [0.15, 0.2) is 42.5 Å². The molecule has 0 spiro atoms. The molecule has 6 nitrogen and oxygen atoms in total. The molecule has 6 heteroatoms. The van der Waals surface area contributed by atoms with E-state index in [1.54, 1.807) is 0 Å². The van der Waals surface area contributed by atoms with Crippen molar-refractivity contribution in [1.82, 2.24) is 9.80 Å². The van der Waals surface area contributed by atoms with E-state index in [-0.39, 0.29) is 11.8 Å². The molecule has 2 aromatic carbocycles. The predicted molar refractivity (Wildman–Crippen MR) is 117 cm³/mol. The Balaban J connectivity index is 1.24. The van der Waals surface area contributed by atoms with Crippen molar-refractivity contribution in [2.24, 2.45) is 0 Å². The molecule has 4 rings (SSSR count). The van der Waals surface area contributed by atoms with Crippen molar-refractivity contribution in [1.29, 1.82) is 0 Å². The second-order valence-corrected chi connectivity index (χ2v) is 7.93. The number of nitrogens with zero attached hydrogens (tertiary/aromatic N) is 2. The summed E-state index contributed by atoms with van der Waals surface area (Å²) in [6.07, 6.45) is 2.22. The summed E-state index contributed by atoms with van der Waals surface area (Å²) in [4.78, 5) is 29.2. The predicted octanol–water partition coefficient (Wildman–Crippen LogP) is 2.51. The van der Waals surface area contributed by atoms with Gasteiger partial charge >= 0.3 is 0 Å². The highest BCUT2D eigenvalue weighted by Gasteiger charge is 2.23. The fourth-order valence-electron chi connectivity index (χ4n) is 4.14. The third kappa shape index (κ3) is 4.82. The molecule has 0 aromatic heterocycles. The minimum absolute atomic E-state index is 0.00367. The largest absolute Gasteiger partial charge is 0.493 e. The Morgan fingerprint density at radius 3 is 2.67 bits per heavy atom. The van der Waals surface area contributed by atoms with Crippen LogP contribution in [0, 0.1) is 0 Å². The van der Waals surface area contributed by atoms with Gasteiger partial charge in [-0.1, -0.05) is 37.3 Å². The first-order chi connectivity index (χ1) is 14.6.